The molecular formula is C13H19NO4S. The average molecular weight is 285 g/mol. The zero-order valence-corrected chi connectivity index (χ0v) is 12.2. The van der Waals surface area contributed by atoms with E-state index in [9.17, 15) is 13.2 Å². The number of amides is 1. The molecule has 6 heteroatoms. The highest BCUT2D eigenvalue weighted by Gasteiger charge is 2.26. The summed E-state index contributed by atoms with van der Waals surface area (Å²) >= 11 is 0. The molecule has 0 aromatic heterocycles. The van der Waals surface area contributed by atoms with Gasteiger partial charge in [0.25, 0.3) is 0 Å². The van der Waals surface area contributed by atoms with E-state index in [0.29, 0.717) is 18.0 Å². The standard InChI is InChI=1S/C13H19NO4S/c1-4-18-12-8-6-11(7-9-12)14-13(15)10(3)19(16,17)5-2/h6-10H,4-5H2,1-3H3,(H,14,15). The van der Waals surface area contributed by atoms with E-state index in [1.807, 2.05) is 6.92 Å². The zero-order chi connectivity index (χ0) is 14.5. The van der Waals surface area contributed by atoms with Crippen LogP contribution in [0.15, 0.2) is 24.3 Å². The minimum Gasteiger partial charge on any atom is -0.494 e. The molecule has 0 saturated heterocycles. The van der Waals surface area contributed by atoms with Crippen LogP contribution in [0.25, 0.3) is 0 Å². The van der Waals surface area contributed by atoms with Crippen LogP contribution in [0.2, 0.25) is 0 Å². The van der Waals surface area contributed by atoms with Crippen molar-refractivity contribution in [3.63, 3.8) is 0 Å². The number of carbonyl (C=O) groups excluding carboxylic acids is 1. The van der Waals surface area contributed by atoms with Crippen LogP contribution in [0.4, 0.5) is 5.69 Å². The summed E-state index contributed by atoms with van der Waals surface area (Å²) in [5, 5.41) is 1.53. The summed E-state index contributed by atoms with van der Waals surface area (Å²) in [4.78, 5) is 11.8. The lowest BCUT2D eigenvalue weighted by molar-refractivity contribution is -0.115. The summed E-state index contributed by atoms with van der Waals surface area (Å²) in [6, 6.07) is 6.79. The Kier molecular flexibility index (Phi) is 5.35. The van der Waals surface area contributed by atoms with Gasteiger partial charge in [-0.3, -0.25) is 4.79 Å². The van der Waals surface area contributed by atoms with Crippen molar-refractivity contribution in [1.29, 1.82) is 0 Å². The third-order valence-electron chi connectivity index (χ3n) is 2.74. The Morgan fingerprint density at radius 1 is 1.26 bits per heavy atom. The Balaban J connectivity index is 2.72. The molecule has 1 N–H and O–H groups in total. The summed E-state index contributed by atoms with van der Waals surface area (Å²) in [6.45, 7) is 5.36. The molecule has 0 aliphatic rings. The van der Waals surface area contributed by atoms with Crippen molar-refractivity contribution in [1.82, 2.24) is 0 Å². The van der Waals surface area contributed by atoms with E-state index >= 15 is 0 Å². The topological polar surface area (TPSA) is 72.5 Å². The molecule has 0 bridgehead atoms. The lowest BCUT2D eigenvalue weighted by Crippen LogP contribution is -2.33. The van der Waals surface area contributed by atoms with Crippen LogP contribution in [0.1, 0.15) is 20.8 Å². The maximum atomic E-state index is 11.8. The second-order valence-electron chi connectivity index (χ2n) is 4.04. The van der Waals surface area contributed by atoms with Crippen LogP contribution in [0.3, 0.4) is 0 Å². The van der Waals surface area contributed by atoms with Gasteiger partial charge in [-0.15, -0.1) is 0 Å². The van der Waals surface area contributed by atoms with Crippen LogP contribution < -0.4 is 10.1 Å². The van der Waals surface area contributed by atoms with E-state index in [2.05, 4.69) is 5.32 Å². The van der Waals surface area contributed by atoms with Crippen LogP contribution in [0, 0.1) is 0 Å². The van der Waals surface area contributed by atoms with Gasteiger partial charge in [0, 0.05) is 11.4 Å². The molecule has 0 spiro atoms. The first-order valence-corrected chi connectivity index (χ1v) is 7.87. The molecule has 1 aromatic rings. The number of rotatable bonds is 6. The lowest BCUT2D eigenvalue weighted by Gasteiger charge is -2.12. The molecule has 1 atom stereocenters. The summed E-state index contributed by atoms with van der Waals surface area (Å²) < 4.78 is 28.5. The Hall–Kier alpha value is -1.56. The largest absolute Gasteiger partial charge is 0.494 e. The Labute approximate surface area is 113 Å². The smallest absolute Gasteiger partial charge is 0.242 e. The third-order valence-corrected chi connectivity index (χ3v) is 4.84. The number of ether oxygens (including phenoxy) is 1. The molecule has 0 radical (unpaired) electrons. The second kappa shape index (κ2) is 6.56. The van der Waals surface area contributed by atoms with E-state index in [1.54, 1.807) is 24.3 Å². The van der Waals surface area contributed by atoms with Crippen molar-refractivity contribution < 1.29 is 17.9 Å². The normalized spacial score (nSPS) is 12.8. The highest BCUT2D eigenvalue weighted by Crippen LogP contribution is 2.16. The van der Waals surface area contributed by atoms with Gasteiger partial charge in [-0.1, -0.05) is 6.92 Å². The first-order chi connectivity index (χ1) is 8.90. The van der Waals surface area contributed by atoms with Crippen LogP contribution in [0.5, 0.6) is 5.75 Å². The van der Waals surface area contributed by atoms with Gasteiger partial charge in [0.05, 0.1) is 6.61 Å². The summed E-state index contributed by atoms with van der Waals surface area (Å²) in [5.74, 6) is 0.131. The molecule has 0 heterocycles. The molecule has 5 nitrogen and oxygen atoms in total. The summed E-state index contributed by atoms with van der Waals surface area (Å²) in [7, 11) is -3.37. The van der Waals surface area contributed by atoms with E-state index < -0.39 is 21.0 Å². The Morgan fingerprint density at radius 2 is 1.84 bits per heavy atom. The molecular weight excluding hydrogens is 266 g/mol. The molecule has 106 valence electrons. The molecule has 0 aliphatic heterocycles. The minimum atomic E-state index is -3.37. The predicted molar refractivity (Wildman–Crippen MR) is 75.2 cm³/mol. The van der Waals surface area contributed by atoms with Gasteiger partial charge in [-0.2, -0.15) is 0 Å². The monoisotopic (exact) mass is 285 g/mol. The number of carbonyl (C=O) groups is 1. The predicted octanol–water partition coefficient (Wildman–Crippen LogP) is 1.85. The molecule has 1 amide bonds. The quantitative estimate of drug-likeness (QED) is 0.865. The number of sulfone groups is 1. The molecule has 0 aliphatic carbocycles. The fourth-order valence-corrected chi connectivity index (χ4v) is 2.34. The first kappa shape index (κ1) is 15.5. The number of hydrogen-bond donors (Lipinski definition) is 1. The minimum absolute atomic E-state index is 0.0507. The van der Waals surface area contributed by atoms with E-state index in [1.165, 1.54) is 13.8 Å². The third kappa shape index (κ3) is 4.24. The van der Waals surface area contributed by atoms with Gasteiger partial charge in [0.15, 0.2) is 9.84 Å². The van der Waals surface area contributed by atoms with Crippen molar-refractivity contribution in [2.75, 3.05) is 17.7 Å². The van der Waals surface area contributed by atoms with Gasteiger partial charge in [0.2, 0.25) is 5.91 Å². The number of anilines is 1. The van der Waals surface area contributed by atoms with E-state index in [0.717, 1.165) is 0 Å². The van der Waals surface area contributed by atoms with E-state index in [-0.39, 0.29) is 5.75 Å². The number of hydrogen-bond acceptors (Lipinski definition) is 4. The molecule has 1 unspecified atom stereocenters. The molecule has 0 fully saturated rings. The molecule has 0 saturated carbocycles. The average Bonchev–Trinajstić information content (AvgIpc) is 2.40. The van der Waals surface area contributed by atoms with Crippen molar-refractivity contribution in [3.05, 3.63) is 24.3 Å². The number of benzene rings is 1. The van der Waals surface area contributed by atoms with Crippen LogP contribution >= 0.6 is 0 Å². The highest BCUT2D eigenvalue weighted by molar-refractivity contribution is 7.92. The molecule has 19 heavy (non-hydrogen) atoms. The van der Waals surface area contributed by atoms with Gasteiger partial charge in [-0.25, -0.2) is 8.42 Å². The maximum absolute atomic E-state index is 11.8. The van der Waals surface area contributed by atoms with Crippen molar-refractivity contribution in [3.8, 4) is 5.75 Å². The first-order valence-electron chi connectivity index (χ1n) is 6.16. The van der Waals surface area contributed by atoms with Crippen LogP contribution in [-0.2, 0) is 14.6 Å². The maximum Gasteiger partial charge on any atom is 0.242 e. The van der Waals surface area contributed by atoms with Crippen molar-refractivity contribution in [2.45, 2.75) is 26.0 Å². The zero-order valence-electron chi connectivity index (χ0n) is 11.3. The summed E-state index contributed by atoms with van der Waals surface area (Å²) in [6.07, 6.45) is 0. The Morgan fingerprint density at radius 3 is 2.32 bits per heavy atom. The fourth-order valence-electron chi connectivity index (χ4n) is 1.46. The van der Waals surface area contributed by atoms with Gasteiger partial charge in [0.1, 0.15) is 11.0 Å². The Bertz CT molecular complexity index is 522. The van der Waals surface area contributed by atoms with Gasteiger partial charge < -0.3 is 10.1 Å². The SMILES string of the molecule is CCOc1ccc(NC(=O)C(C)S(=O)(=O)CC)cc1. The second-order valence-corrected chi connectivity index (χ2v) is 6.65. The summed E-state index contributed by atoms with van der Waals surface area (Å²) in [5.41, 5.74) is 0.548. The van der Waals surface area contributed by atoms with Crippen molar-refractivity contribution in [2.24, 2.45) is 0 Å². The van der Waals surface area contributed by atoms with Crippen LogP contribution in [-0.4, -0.2) is 31.9 Å². The highest BCUT2D eigenvalue weighted by atomic mass is 32.2. The molecule has 1 rings (SSSR count). The molecule has 1 aromatic carbocycles. The van der Waals surface area contributed by atoms with Crippen molar-refractivity contribution >= 4 is 21.4 Å². The fraction of sp³-hybridized carbons (Fsp3) is 0.462. The van der Waals surface area contributed by atoms with Gasteiger partial charge >= 0.3 is 0 Å². The van der Waals surface area contributed by atoms with Gasteiger partial charge in [-0.05, 0) is 38.1 Å². The lowest BCUT2D eigenvalue weighted by atomic mass is 10.3. The number of nitrogens with one attached hydrogen (secondary N) is 1. The van der Waals surface area contributed by atoms with E-state index in [4.69, 9.17) is 4.74 Å².